The van der Waals surface area contributed by atoms with E-state index in [0.717, 1.165) is 0 Å². The van der Waals surface area contributed by atoms with E-state index in [1.165, 1.54) is 0 Å². The van der Waals surface area contributed by atoms with Gasteiger partial charge in [-0.25, -0.2) is 0 Å². The van der Waals surface area contributed by atoms with Gasteiger partial charge in [0.1, 0.15) is 0 Å². The van der Waals surface area contributed by atoms with Crippen LogP contribution in [0.2, 0.25) is 0 Å². The fourth-order valence-corrected chi connectivity index (χ4v) is 0.692. The molecule has 2 heteroatoms. The lowest BCUT2D eigenvalue weighted by molar-refractivity contribution is 0.0969. The summed E-state index contributed by atoms with van der Waals surface area (Å²) in [5, 5.41) is 2.29. The van der Waals surface area contributed by atoms with Crippen molar-refractivity contribution in [3.63, 3.8) is 0 Å². The molecule has 0 fully saturated rings. The summed E-state index contributed by atoms with van der Waals surface area (Å²) in [5.74, 6) is -0.152. The maximum atomic E-state index is 10.8. The summed E-state index contributed by atoms with van der Waals surface area (Å²) in [5.41, 5.74) is 0.637. The van der Waals surface area contributed by atoms with Gasteiger partial charge in [-0.1, -0.05) is 18.2 Å². The van der Waals surface area contributed by atoms with Gasteiger partial charge in [0.2, 0.25) is 0 Å². The van der Waals surface area contributed by atoms with Crippen molar-refractivity contribution in [1.29, 1.82) is 0 Å². The molecule has 1 aromatic rings. The highest BCUT2D eigenvalue weighted by molar-refractivity contribution is 5.94. The van der Waals surface area contributed by atoms with Crippen LogP contribution in [0.25, 0.3) is 0 Å². The molecule has 1 radical (unpaired) electrons. The molecule has 0 aliphatic carbocycles. The zero-order chi connectivity index (χ0) is 7.40. The van der Waals surface area contributed by atoms with Gasteiger partial charge < -0.3 is 5.32 Å². The number of rotatable bonds is 1. The fourth-order valence-electron chi connectivity index (χ4n) is 0.692. The second-order valence-electron chi connectivity index (χ2n) is 1.87. The number of carbonyl (C=O) groups excluding carboxylic acids is 1. The molecule has 51 valence electrons. The Morgan fingerprint density at radius 3 is 2.40 bits per heavy atom. The van der Waals surface area contributed by atoms with Crippen molar-refractivity contribution in [2.45, 2.75) is 0 Å². The summed E-state index contributed by atoms with van der Waals surface area (Å²) >= 11 is 0. The van der Waals surface area contributed by atoms with Crippen LogP contribution in [0.1, 0.15) is 10.4 Å². The van der Waals surface area contributed by atoms with E-state index in [4.69, 9.17) is 0 Å². The summed E-state index contributed by atoms with van der Waals surface area (Å²) in [6.07, 6.45) is 0. The smallest absolute Gasteiger partial charge is 0.251 e. The molecule has 0 aliphatic heterocycles. The Labute approximate surface area is 59.9 Å². The van der Waals surface area contributed by atoms with Crippen LogP contribution in [0.5, 0.6) is 0 Å². The molecular weight excluding hydrogens is 126 g/mol. The summed E-state index contributed by atoms with van der Waals surface area (Å²) in [6.45, 7) is 0. The van der Waals surface area contributed by atoms with E-state index in [2.05, 4.69) is 12.4 Å². The fraction of sp³-hybridized carbons (Fsp3) is 0. The molecule has 1 rings (SSSR count). The van der Waals surface area contributed by atoms with Crippen molar-refractivity contribution in [3.8, 4) is 0 Å². The van der Waals surface area contributed by atoms with Gasteiger partial charge in [0.05, 0.1) is 0 Å². The second kappa shape index (κ2) is 3.01. The highest BCUT2D eigenvalue weighted by Crippen LogP contribution is 1.96. The van der Waals surface area contributed by atoms with Gasteiger partial charge in [-0.05, 0) is 12.1 Å². The first-order chi connectivity index (χ1) is 4.84. The van der Waals surface area contributed by atoms with Crippen LogP contribution in [0.3, 0.4) is 0 Å². The van der Waals surface area contributed by atoms with Crippen LogP contribution >= 0.6 is 0 Å². The predicted molar refractivity (Wildman–Crippen MR) is 39.3 cm³/mol. The van der Waals surface area contributed by atoms with Gasteiger partial charge >= 0.3 is 0 Å². The molecule has 1 aromatic carbocycles. The lowest BCUT2D eigenvalue weighted by Crippen LogP contribution is -2.14. The third kappa shape index (κ3) is 1.35. The quantitative estimate of drug-likeness (QED) is 0.614. The van der Waals surface area contributed by atoms with E-state index < -0.39 is 0 Å². The third-order valence-corrected chi connectivity index (χ3v) is 1.20. The van der Waals surface area contributed by atoms with Crippen LogP contribution in [0, 0.1) is 7.05 Å². The summed E-state index contributed by atoms with van der Waals surface area (Å²) in [7, 11) is 3.26. The molecule has 1 N–H and O–H groups in total. The standard InChI is InChI=1S/C8H8NO/c1-9-8(10)7-5-3-2-4-6-7/h2-6H,1H2,(H,9,10). The van der Waals surface area contributed by atoms with Crippen molar-refractivity contribution in [2.24, 2.45) is 0 Å². The average molecular weight is 134 g/mol. The van der Waals surface area contributed by atoms with E-state index in [-0.39, 0.29) is 5.91 Å². The minimum Gasteiger partial charge on any atom is -0.350 e. The zero-order valence-corrected chi connectivity index (χ0v) is 5.50. The van der Waals surface area contributed by atoms with E-state index in [0.29, 0.717) is 5.56 Å². The Bertz CT molecular complexity index is 218. The first-order valence-electron chi connectivity index (χ1n) is 2.97. The first-order valence-corrected chi connectivity index (χ1v) is 2.97. The largest absolute Gasteiger partial charge is 0.350 e. The topological polar surface area (TPSA) is 29.1 Å². The van der Waals surface area contributed by atoms with Crippen molar-refractivity contribution in [2.75, 3.05) is 0 Å². The Morgan fingerprint density at radius 1 is 1.30 bits per heavy atom. The molecular formula is C8H8NO. The second-order valence-corrected chi connectivity index (χ2v) is 1.87. The van der Waals surface area contributed by atoms with Crippen molar-refractivity contribution in [1.82, 2.24) is 5.32 Å². The summed E-state index contributed by atoms with van der Waals surface area (Å²) in [6, 6.07) is 8.95. The lowest BCUT2D eigenvalue weighted by Gasteiger charge is -1.95. The van der Waals surface area contributed by atoms with E-state index in [1.807, 2.05) is 18.2 Å². The van der Waals surface area contributed by atoms with Crippen LogP contribution in [0.4, 0.5) is 0 Å². The van der Waals surface area contributed by atoms with Crippen molar-refractivity contribution in [3.05, 3.63) is 42.9 Å². The molecule has 0 aliphatic rings. The lowest BCUT2D eigenvalue weighted by atomic mass is 10.2. The number of benzene rings is 1. The molecule has 0 atom stereocenters. The molecule has 0 heterocycles. The molecule has 0 unspecified atom stereocenters. The van der Waals surface area contributed by atoms with E-state index in [1.54, 1.807) is 12.1 Å². The minimum atomic E-state index is -0.152. The molecule has 2 nitrogen and oxygen atoms in total. The van der Waals surface area contributed by atoms with Crippen molar-refractivity contribution < 1.29 is 4.79 Å². The highest BCUT2D eigenvalue weighted by Gasteiger charge is 1.97. The monoisotopic (exact) mass is 134 g/mol. The number of hydrogen-bond acceptors (Lipinski definition) is 1. The molecule has 1 amide bonds. The average Bonchev–Trinajstić information content (AvgIpc) is 2.05. The van der Waals surface area contributed by atoms with Gasteiger partial charge in [0, 0.05) is 12.6 Å². The third-order valence-electron chi connectivity index (χ3n) is 1.20. The van der Waals surface area contributed by atoms with Crippen LogP contribution in [-0.4, -0.2) is 5.91 Å². The maximum absolute atomic E-state index is 10.8. The first kappa shape index (κ1) is 6.81. The van der Waals surface area contributed by atoms with Crippen LogP contribution < -0.4 is 5.32 Å². The molecule has 10 heavy (non-hydrogen) atoms. The maximum Gasteiger partial charge on any atom is 0.251 e. The Morgan fingerprint density at radius 2 is 1.90 bits per heavy atom. The summed E-state index contributed by atoms with van der Waals surface area (Å²) in [4.78, 5) is 10.8. The molecule has 0 spiro atoms. The predicted octanol–water partition coefficient (Wildman–Crippen LogP) is 1.21. The Hall–Kier alpha value is -1.31. The van der Waals surface area contributed by atoms with Gasteiger partial charge in [-0.3, -0.25) is 4.79 Å². The number of nitrogens with one attached hydrogen (secondary N) is 1. The number of carbonyl (C=O) groups is 1. The van der Waals surface area contributed by atoms with Gasteiger partial charge in [-0.2, -0.15) is 0 Å². The highest BCUT2D eigenvalue weighted by atomic mass is 16.1. The minimum absolute atomic E-state index is 0.152. The molecule has 0 bridgehead atoms. The van der Waals surface area contributed by atoms with Crippen LogP contribution in [0.15, 0.2) is 30.3 Å². The van der Waals surface area contributed by atoms with Crippen molar-refractivity contribution >= 4 is 5.91 Å². The normalized spacial score (nSPS) is 8.90. The van der Waals surface area contributed by atoms with Crippen LogP contribution in [-0.2, 0) is 0 Å². The Kier molecular flexibility index (Phi) is 2.05. The zero-order valence-electron chi connectivity index (χ0n) is 5.50. The van der Waals surface area contributed by atoms with E-state index in [9.17, 15) is 4.79 Å². The van der Waals surface area contributed by atoms with E-state index >= 15 is 0 Å². The molecule has 0 saturated heterocycles. The summed E-state index contributed by atoms with van der Waals surface area (Å²) < 4.78 is 0. The van der Waals surface area contributed by atoms with Gasteiger partial charge in [0.15, 0.2) is 0 Å². The van der Waals surface area contributed by atoms with Gasteiger partial charge in [0.25, 0.3) is 5.91 Å². The molecule has 0 aromatic heterocycles. The number of hydrogen-bond donors (Lipinski definition) is 1. The Balaban J connectivity index is 2.85. The van der Waals surface area contributed by atoms with Gasteiger partial charge in [-0.15, -0.1) is 0 Å². The number of amides is 1. The molecule has 0 saturated carbocycles. The SMILES string of the molecule is [CH2]NC(=O)c1ccccc1.